The number of nitrogens with one attached hydrogen (secondary N) is 1. The van der Waals surface area contributed by atoms with Crippen LogP contribution >= 0.6 is 22.3 Å². The van der Waals surface area contributed by atoms with Gasteiger partial charge in [0.25, 0.3) is 15.0 Å². The first kappa shape index (κ1) is 17.3. The first-order valence-corrected chi connectivity index (χ1v) is 9.06. The van der Waals surface area contributed by atoms with Crippen molar-refractivity contribution in [2.24, 2.45) is 0 Å². The van der Waals surface area contributed by atoms with Crippen LogP contribution in [0.4, 0.5) is 0 Å². The second-order valence-electron chi connectivity index (χ2n) is 4.43. The molecule has 0 fully saturated rings. The number of rotatable bonds is 7. The Labute approximate surface area is 128 Å². The maximum atomic E-state index is 11.9. The molecular formula is C13H17Cl2NO3S. The molecule has 112 valence electrons. The van der Waals surface area contributed by atoms with Gasteiger partial charge in [0.05, 0.1) is 4.90 Å². The summed E-state index contributed by atoms with van der Waals surface area (Å²) >= 11 is 5.80. The molecule has 0 radical (unpaired) electrons. The second kappa shape index (κ2) is 7.86. The lowest BCUT2D eigenvalue weighted by atomic mass is 10.2. The predicted octanol–water partition coefficient (Wildman–Crippen LogP) is 3.58. The van der Waals surface area contributed by atoms with Crippen LogP contribution in [0.25, 0.3) is 0 Å². The van der Waals surface area contributed by atoms with E-state index in [-0.39, 0.29) is 21.4 Å². The molecule has 7 heteroatoms. The van der Waals surface area contributed by atoms with E-state index in [2.05, 4.69) is 12.2 Å². The summed E-state index contributed by atoms with van der Waals surface area (Å²) < 4.78 is 22.5. The van der Waals surface area contributed by atoms with Crippen molar-refractivity contribution >= 4 is 37.2 Å². The van der Waals surface area contributed by atoms with Gasteiger partial charge in [0.15, 0.2) is 0 Å². The van der Waals surface area contributed by atoms with Crippen molar-refractivity contribution < 1.29 is 13.2 Å². The molecule has 0 aliphatic heterocycles. The molecule has 0 saturated carbocycles. The van der Waals surface area contributed by atoms with Gasteiger partial charge in [0, 0.05) is 27.8 Å². The molecular weight excluding hydrogens is 321 g/mol. The van der Waals surface area contributed by atoms with Gasteiger partial charge in [-0.25, -0.2) is 8.42 Å². The molecule has 0 bridgehead atoms. The molecule has 1 N–H and O–H groups in total. The van der Waals surface area contributed by atoms with E-state index in [4.69, 9.17) is 22.3 Å². The summed E-state index contributed by atoms with van der Waals surface area (Å²) in [7, 11) is 1.34. The topological polar surface area (TPSA) is 63.2 Å². The third-order valence-electron chi connectivity index (χ3n) is 2.73. The van der Waals surface area contributed by atoms with E-state index >= 15 is 0 Å². The minimum Gasteiger partial charge on any atom is -0.352 e. The van der Waals surface area contributed by atoms with Crippen LogP contribution in [-0.4, -0.2) is 20.9 Å². The highest BCUT2D eigenvalue weighted by atomic mass is 35.7. The number of benzene rings is 1. The number of hydrogen-bond acceptors (Lipinski definition) is 3. The van der Waals surface area contributed by atoms with Crippen molar-refractivity contribution in [1.29, 1.82) is 0 Å². The van der Waals surface area contributed by atoms with Crippen LogP contribution in [0, 0.1) is 0 Å². The maximum absolute atomic E-state index is 11.9. The number of hydrogen-bond donors (Lipinski definition) is 1. The van der Waals surface area contributed by atoms with Crippen LogP contribution in [0.1, 0.15) is 43.0 Å². The first-order chi connectivity index (χ1) is 9.34. The monoisotopic (exact) mass is 337 g/mol. The lowest BCUT2D eigenvalue weighted by Gasteiger charge is -2.07. The molecule has 1 aromatic carbocycles. The van der Waals surface area contributed by atoms with Gasteiger partial charge in [-0.2, -0.15) is 0 Å². The van der Waals surface area contributed by atoms with Gasteiger partial charge in [-0.05, 0) is 24.6 Å². The van der Waals surface area contributed by atoms with Crippen LogP contribution in [-0.2, 0) is 9.05 Å². The number of carbonyl (C=O) groups is 1. The van der Waals surface area contributed by atoms with E-state index in [0.717, 1.165) is 25.7 Å². The summed E-state index contributed by atoms with van der Waals surface area (Å²) in [5.41, 5.74) is 0.187. The van der Waals surface area contributed by atoms with Crippen molar-refractivity contribution in [2.45, 2.75) is 37.5 Å². The highest BCUT2D eigenvalue weighted by Crippen LogP contribution is 2.22. The molecule has 0 aliphatic carbocycles. The Hall–Kier alpha value is -0.780. The van der Waals surface area contributed by atoms with Crippen LogP contribution in [0.3, 0.4) is 0 Å². The molecule has 0 heterocycles. The zero-order chi connectivity index (χ0) is 15.2. The smallest absolute Gasteiger partial charge is 0.261 e. The van der Waals surface area contributed by atoms with E-state index in [1.165, 1.54) is 18.2 Å². The minimum atomic E-state index is -3.91. The molecule has 0 unspecified atom stereocenters. The summed E-state index contributed by atoms with van der Waals surface area (Å²) in [5.74, 6) is -0.356. The van der Waals surface area contributed by atoms with Gasteiger partial charge in [0.1, 0.15) is 0 Å². The minimum absolute atomic E-state index is 0.155. The fourth-order valence-electron chi connectivity index (χ4n) is 1.69. The number of halogens is 2. The largest absolute Gasteiger partial charge is 0.352 e. The van der Waals surface area contributed by atoms with Crippen molar-refractivity contribution in [2.75, 3.05) is 6.54 Å². The van der Waals surface area contributed by atoms with Gasteiger partial charge in [-0.3, -0.25) is 4.79 Å². The summed E-state index contributed by atoms with van der Waals surface area (Å²) in [6, 6.07) is 3.84. The van der Waals surface area contributed by atoms with Gasteiger partial charge in [0.2, 0.25) is 0 Å². The molecule has 20 heavy (non-hydrogen) atoms. The maximum Gasteiger partial charge on any atom is 0.261 e. The second-order valence-corrected chi connectivity index (χ2v) is 7.43. The van der Waals surface area contributed by atoms with E-state index in [0.29, 0.717) is 6.54 Å². The highest BCUT2D eigenvalue weighted by molar-refractivity contribution is 8.13. The predicted molar refractivity (Wildman–Crippen MR) is 81.0 cm³/mol. The van der Waals surface area contributed by atoms with Gasteiger partial charge < -0.3 is 5.32 Å². The zero-order valence-electron chi connectivity index (χ0n) is 11.2. The van der Waals surface area contributed by atoms with Crippen LogP contribution in [0.2, 0.25) is 5.02 Å². The molecule has 0 spiro atoms. The summed E-state index contributed by atoms with van der Waals surface area (Å²) in [6.07, 6.45) is 4.19. The van der Waals surface area contributed by atoms with Crippen molar-refractivity contribution in [3.8, 4) is 0 Å². The molecule has 0 atom stereocenters. The summed E-state index contributed by atoms with van der Waals surface area (Å²) in [6.45, 7) is 2.66. The third-order valence-corrected chi connectivity index (χ3v) is 4.28. The molecule has 1 aromatic rings. The first-order valence-electron chi connectivity index (χ1n) is 6.38. The Morgan fingerprint density at radius 1 is 1.20 bits per heavy atom. The number of unbranched alkanes of at least 4 members (excludes halogenated alkanes) is 3. The standard InChI is InChI=1S/C13H17Cl2NO3S/c1-2-3-4-5-6-16-13(17)10-7-11(14)9-12(8-10)20(15,18)19/h7-9H,2-6H2,1H3,(H,16,17). The van der Waals surface area contributed by atoms with Gasteiger partial charge in [-0.1, -0.05) is 37.8 Å². The molecule has 0 aliphatic rings. The van der Waals surface area contributed by atoms with Crippen molar-refractivity contribution in [3.05, 3.63) is 28.8 Å². The number of amides is 1. The van der Waals surface area contributed by atoms with Crippen LogP contribution in [0.5, 0.6) is 0 Å². The van der Waals surface area contributed by atoms with Crippen molar-refractivity contribution in [3.63, 3.8) is 0 Å². The van der Waals surface area contributed by atoms with E-state index in [1.807, 2.05) is 0 Å². The fraction of sp³-hybridized carbons (Fsp3) is 0.462. The average molecular weight is 338 g/mol. The molecule has 0 saturated heterocycles. The Kier molecular flexibility index (Phi) is 6.79. The van der Waals surface area contributed by atoms with E-state index < -0.39 is 9.05 Å². The SMILES string of the molecule is CCCCCCNC(=O)c1cc(Cl)cc(S(=O)(=O)Cl)c1. The lowest BCUT2D eigenvalue weighted by Crippen LogP contribution is -2.24. The Balaban J connectivity index is 2.71. The van der Waals surface area contributed by atoms with Crippen LogP contribution in [0.15, 0.2) is 23.1 Å². The Bertz CT molecular complexity index is 573. The average Bonchev–Trinajstić information content (AvgIpc) is 2.36. The lowest BCUT2D eigenvalue weighted by molar-refractivity contribution is 0.0952. The molecule has 0 aromatic heterocycles. The molecule has 1 amide bonds. The fourth-order valence-corrected chi connectivity index (χ4v) is 2.79. The van der Waals surface area contributed by atoms with Crippen LogP contribution < -0.4 is 5.32 Å². The quantitative estimate of drug-likeness (QED) is 0.610. The highest BCUT2D eigenvalue weighted by Gasteiger charge is 2.15. The normalized spacial score (nSPS) is 11.3. The van der Waals surface area contributed by atoms with Crippen molar-refractivity contribution in [1.82, 2.24) is 5.32 Å². The Morgan fingerprint density at radius 3 is 2.50 bits per heavy atom. The van der Waals surface area contributed by atoms with Gasteiger partial charge >= 0.3 is 0 Å². The summed E-state index contributed by atoms with van der Waals surface area (Å²) in [4.78, 5) is 11.7. The Morgan fingerprint density at radius 2 is 1.90 bits per heavy atom. The third kappa shape index (κ3) is 5.69. The van der Waals surface area contributed by atoms with Gasteiger partial charge in [-0.15, -0.1) is 0 Å². The van der Waals surface area contributed by atoms with E-state index in [9.17, 15) is 13.2 Å². The number of carbonyl (C=O) groups excluding carboxylic acids is 1. The zero-order valence-corrected chi connectivity index (χ0v) is 13.5. The van der Waals surface area contributed by atoms with E-state index in [1.54, 1.807) is 0 Å². The molecule has 1 rings (SSSR count). The summed E-state index contributed by atoms with van der Waals surface area (Å²) in [5, 5.41) is 2.88. The molecule has 4 nitrogen and oxygen atoms in total.